The molecule has 0 bridgehead atoms. The zero-order valence-electron chi connectivity index (χ0n) is 20.6. The average Bonchev–Trinajstić information content (AvgIpc) is 3.43. The molecule has 1 aromatic carbocycles. The van der Waals surface area contributed by atoms with Crippen LogP contribution in [0, 0.1) is 28.5 Å². The van der Waals surface area contributed by atoms with Crippen molar-refractivity contribution >= 4 is 28.1 Å². The van der Waals surface area contributed by atoms with Gasteiger partial charge in [-0.3, -0.25) is 9.69 Å². The first-order chi connectivity index (χ1) is 17.8. The molecule has 0 amide bonds. The van der Waals surface area contributed by atoms with Gasteiger partial charge in [-0.1, -0.05) is 12.1 Å². The second-order valence-electron chi connectivity index (χ2n) is 9.29. The third-order valence-electron chi connectivity index (χ3n) is 7.01. The SMILES string of the molecule is C[C@@H]1CN(c2c(C#N)c(=O)n(C)c3ccc(C#N)nc23)[C@@H](C)CN1C(c1ccc(F)cc1)c1cscn1. The van der Waals surface area contributed by atoms with Crippen molar-refractivity contribution < 1.29 is 4.39 Å². The molecule has 1 saturated heterocycles. The summed E-state index contributed by atoms with van der Waals surface area (Å²) in [4.78, 5) is 26.6. The van der Waals surface area contributed by atoms with Gasteiger partial charge in [0, 0.05) is 37.6 Å². The van der Waals surface area contributed by atoms with Gasteiger partial charge >= 0.3 is 0 Å². The Balaban J connectivity index is 1.60. The van der Waals surface area contributed by atoms with Gasteiger partial charge in [0.05, 0.1) is 28.5 Å². The second-order valence-corrected chi connectivity index (χ2v) is 10.0. The van der Waals surface area contributed by atoms with Crippen LogP contribution in [0.2, 0.25) is 0 Å². The standard InChI is InChI=1S/C27H24FN7OS/c1-16-13-35(26-21(11-30)27(36)33(3)23-9-8-20(10-29)32-24(23)26)17(2)12-34(16)25(22-14-37-15-31-22)18-4-6-19(28)7-5-18/h4-9,14-17,25H,12-13H2,1-3H3/t16-,17+,25?/m1/s1. The van der Waals surface area contributed by atoms with E-state index in [9.17, 15) is 19.7 Å². The highest BCUT2D eigenvalue weighted by molar-refractivity contribution is 7.07. The summed E-state index contributed by atoms with van der Waals surface area (Å²) in [6, 6.07) is 13.6. The van der Waals surface area contributed by atoms with Crippen molar-refractivity contribution in [2.24, 2.45) is 7.05 Å². The number of piperazine rings is 1. The highest BCUT2D eigenvalue weighted by Gasteiger charge is 2.37. The van der Waals surface area contributed by atoms with E-state index in [1.54, 1.807) is 36.8 Å². The van der Waals surface area contributed by atoms with E-state index < -0.39 is 5.56 Å². The first-order valence-electron chi connectivity index (χ1n) is 11.8. The van der Waals surface area contributed by atoms with Gasteiger partial charge in [-0.2, -0.15) is 10.5 Å². The van der Waals surface area contributed by atoms with Crippen molar-refractivity contribution in [1.29, 1.82) is 10.5 Å². The van der Waals surface area contributed by atoms with E-state index in [0.29, 0.717) is 29.8 Å². The van der Waals surface area contributed by atoms with E-state index in [1.165, 1.54) is 28.0 Å². The molecular formula is C27H24FN7OS. The summed E-state index contributed by atoms with van der Waals surface area (Å²) in [7, 11) is 1.61. The van der Waals surface area contributed by atoms with Crippen LogP contribution in [-0.4, -0.2) is 44.6 Å². The molecule has 0 saturated carbocycles. The van der Waals surface area contributed by atoms with E-state index in [-0.39, 0.29) is 35.2 Å². The molecular weight excluding hydrogens is 489 g/mol. The van der Waals surface area contributed by atoms with Gasteiger partial charge < -0.3 is 9.47 Å². The van der Waals surface area contributed by atoms with Crippen molar-refractivity contribution in [2.75, 3.05) is 18.0 Å². The van der Waals surface area contributed by atoms with Gasteiger partial charge in [0.25, 0.3) is 5.56 Å². The molecule has 37 heavy (non-hydrogen) atoms. The molecule has 3 aromatic heterocycles. The molecule has 0 aliphatic carbocycles. The summed E-state index contributed by atoms with van der Waals surface area (Å²) < 4.78 is 15.1. The molecule has 1 unspecified atom stereocenters. The van der Waals surface area contributed by atoms with Crippen LogP contribution in [0.1, 0.15) is 42.4 Å². The Morgan fingerprint density at radius 2 is 1.84 bits per heavy atom. The molecule has 5 rings (SSSR count). The number of aryl methyl sites for hydroxylation is 1. The fourth-order valence-corrected chi connectivity index (χ4v) is 5.77. The quantitative estimate of drug-likeness (QED) is 0.407. The van der Waals surface area contributed by atoms with Gasteiger partial charge in [0.1, 0.15) is 34.7 Å². The number of anilines is 1. The average molecular weight is 514 g/mol. The van der Waals surface area contributed by atoms with Crippen LogP contribution < -0.4 is 10.5 Å². The number of rotatable bonds is 4. The molecule has 186 valence electrons. The summed E-state index contributed by atoms with van der Waals surface area (Å²) in [6.45, 7) is 5.24. The van der Waals surface area contributed by atoms with Gasteiger partial charge in [-0.25, -0.2) is 14.4 Å². The summed E-state index contributed by atoms with van der Waals surface area (Å²) in [6.07, 6.45) is 0. The molecule has 4 heterocycles. The molecule has 1 aliphatic rings. The minimum Gasteiger partial charge on any atom is -0.363 e. The van der Waals surface area contributed by atoms with E-state index in [4.69, 9.17) is 0 Å². The molecule has 0 radical (unpaired) electrons. The number of pyridine rings is 2. The van der Waals surface area contributed by atoms with Gasteiger partial charge in [0.2, 0.25) is 0 Å². The number of aromatic nitrogens is 3. The number of nitrogens with zero attached hydrogens (tertiary/aromatic N) is 7. The molecule has 3 atom stereocenters. The minimum atomic E-state index is -0.398. The van der Waals surface area contributed by atoms with Gasteiger partial charge in [-0.05, 0) is 43.7 Å². The Kier molecular flexibility index (Phi) is 6.46. The Bertz CT molecular complexity index is 1600. The number of hydrogen-bond donors (Lipinski definition) is 0. The largest absolute Gasteiger partial charge is 0.363 e. The first kappa shape index (κ1) is 24.6. The number of hydrogen-bond acceptors (Lipinski definition) is 8. The minimum absolute atomic E-state index is 0.0136. The van der Waals surface area contributed by atoms with Crippen LogP contribution >= 0.6 is 11.3 Å². The highest BCUT2D eigenvalue weighted by atomic mass is 32.1. The van der Waals surface area contributed by atoms with Crippen LogP contribution in [0.15, 0.2) is 52.1 Å². The van der Waals surface area contributed by atoms with Crippen molar-refractivity contribution in [3.8, 4) is 12.1 Å². The Morgan fingerprint density at radius 3 is 2.49 bits per heavy atom. The second kappa shape index (κ2) is 9.74. The molecule has 0 N–H and O–H groups in total. The predicted molar refractivity (Wildman–Crippen MR) is 140 cm³/mol. The maximum Gasteiger partial charge on any atom is 0.270 e. The smallest absolute Gasteiger partial charge is 0.270 e. The monoisotopic (exact) mass is 513 g/mol. The zero-order valence-corrected chi connectivity index (χ0v) is 21.4. The molecule has 4 aromatic rings. The summed E-state index contributed by atoms with van der Waals surface area (Å²) in [5.74, 6) is -0.294. The maximum atomic E-state index is 13.7. The molecule has 1 fully saturated rings. The lowest BCUT2D eigenvalue weighted by Crippen LogP contribution is -2.58. The first-order valence-corrected chi connectivity index (χ1v) is 12.8. The number of nitriles is 2. The fourth-order valence-electron chi connectivity index (χ4n) is 5.19. The fraction of sp³-hybridized carbons (Fsp3) is 0.296. The number of halogens is 1. The summed E-state index contributed by atoms with van der Waals surface area (Å²) >= 11 is 1.51. The van der Waals surface area contributed by atoms with Crippen molar-refractivity contribution in [3.63, 3.8) is 0 Å². The van der Waals surface area contributed by atoms with Crippen LogP contribution in [0.3, 0.4) is 0 Å². The Morgan fingerprint density at radius 1 is 1.08 bits per heavy atom. The number of benzene rings is 1. The van der Waals surface area contributed by atoms with Crippen LogP contribution in [0.4, 0.5) is 10.1 Å². The van der Waals surface area contributed by atoms with E-state index in [1.807, 2.05) is 12.3 Å². The van der Waals surface area contributed by atoms with Crippen molar-refractivity contribution in [3.05, 3.63) is 86.0 Å². The maximum absolute atomic E-state index is 13.7. The van der Waals surface area contributed by atoms with E-state index in [2.05, 4.69) is 38.8 Å². The molecule has 10 heteroatoms. The third kappa shape index (κ3) is 4.25. The van der Waals surface area contributed by atoms with Crippen LogP contribution in [0.5, 0.6) is 0 Å². The predicted octanol–water partition coefficient (Wildman–Crippen LogP) is 3.96. The lowest BCUT2D eigenvalue weighted by Gasteiger charge is -2.48. The van der Waals surface area contributed by atoms with Crippen LogP contribution in [-0.2, 0) is 7.05 Å². The Hall–Kier alpha value is -4.12. The van der Waals surface area contributed by atoms with Gasteiger partial charge in [0.15, 0.2) is 0 Å². The Labute approximate surface area is 217 Å². The molecule has 0 spiro atoms. The number of thiazole rings is 1. The van der Waals surface area contributed by atoms with Crippen LogP contribution in [0.25, 0.3) is 11.0 Å². The van der Waals surface area contributed by atoms with E-state index in [0.717, 1.165) is 11.3 Å². The zero-order chi connectivity index (χ0) is 26.3. The normalized spacial score (nSPS) is 18.9. The summed E-state index contributed by atoms with van der Waals surface area (Å²) in [5.41, 5.74) is 4.94. The lowest BCUT2D eigenvalue weighted by atomic mass is 9.96. The highest BCUT2D eigenvalue weighted by Crippen LogP contribution is 2.36. The summed E-state index contributed by atoms with van der Waals surface area (Å²) in [5, 5.41) is 21.5. The van der Waals surface area contributed by atoms with Crippen molar-refractivity contribution in [1.82, 2.24) is 19.4 Å². The van der Waals surface area contributed by atoms with Crippen molar-refractivity contribution in [2.45, 2.75) is 32.0 Å². The van der Waals surface area contributed by atoms with Gasteiger partial charge in [-0.15, -0.1) is 11.3 Å². The molecule has 1 aliphatic heterocycles. The topological polar surface area (TPSA) is 102 Å². The third-order valence-corrected chi connectivity index (χ3v) is 7.62. The molecule has 8 nitrogen and oxygen atoms in total. The van der Waals surface area contributed by atoms with E-state index >= 15 is 0 Å². The lowest BCUT2D eigenvalue weighted by molar-refractivity contribution is 0.128. The number of fused-ring (bicyclic) bond motifs is 1.